The summed E-state index contributed by atoms with van der Waals surface area (Å²) in [7, 11) is 0. The number of aryl methyl sites for hydroxylation is 2. The van der Waals surface area contributed by atoms with E-state index in [4.69, 9.17) is 14.7 Å². The molecule has 130 valence electrons. The highest BCUT2D eigenvalue weighted by molar-refractivity contribution is 7.18. The van der Waals surface area contributed by atoms with Crippen molar-refractivity contribution in [1.29, 1.82) is 0 Å². The van der Waals surface area contributed by atoms with Crippen LogP contribution in [0, 0.1) is 18.3 Å². The minimum atomic E-state index is 0.527. The molecule has 1 aliphatic heterocycles. The zero-order chi connectivity index (χ0) is 16.7. The molecule has 3 heterocycles. The van der Waals surface area contributed by atoms with Crippen LogP contribution < -0.4 is 0 Å². The van der Waals surface area contributed by atoms with E-state index in [-0.39, 0.29) is 0 Å². The maximum Gasteiger partial charge on any atom is 0.127 e. The van der Waals surface area contributed by atoms with Crippen molar-refractivity contribution in [3.8, 4) is 0 Å². The molecule has 1 aliphatic carbocycles. The highest BCUT2D eigenvalue weighted by Gasteiger charge is 2.29. The van der Waals surface area contributed by atoms with E-state index in [0.29, 0.717) is 5.41 Å². The van der Waals surface area contributed by atoms with Crippen molar-refractivity contribution in [1.82, 2.24) is 9.97 Å². The third kappa shape index (κ3) is 3.36. The molecule has 2 aromatic heterocycles. The molecule has 2 aliphatic rings. The van der Waals surface area contributed by atoms with Crippen LogP contribution in [0.4, 0.5) is 0 Å². The molecule has 24 heavy (non-hydrogen) atoms. The molecule has 4 rings (SSSR count). The predicted octanol–water partition coefficient (Wildman–Crippen LogP) is 5.26. The van der Waals surface area contributed by atoms with Gasteiger partial charge in [-0.2, -0.15) is 0 Å². The summed E-state index contributed by atoms with van der Waals surface area (Å²) in [4.78, 5) is 12.2. The summed E-state index contributed by atoms with van der Waals surface area (Å²) in [5, 5.41) is 1.31. The number of thiophene rings is 1. The average Bonchev–Trinajstić information content (AvgIpc) is 2.89. The van der Waals surface area contributed by atoms with Crippen LogP contribution in [0.2, 0.25) is 0 Å². The minimum absolute atomic E-state index is 0.527. The van der Waals surface area contributed by atoms with Crippen molar-refractivity contribution in [2.75, 3.05) is 13.2 Å². The number of rotatable bonds is 4. The fourth-order valence-corrected chi connectivity index (χ4v) is 5.25. The van der Waals surface area contributed by atoms with Gasteiger partial charge in [-0.1, -0.05) is 13.8 Å². The van der Waals surface area contributed by atoms with Gasteiger partial charge in [0.05, 0.1) is 18.9 Å². The van der Waals surface area contributed by atoms with Gasteiger partial charge in [0.2, 0.25) is 0 Å². The first-order valence-electron chi connectivity index (χ1n) is 9.35. The second kappa shape index (κ2) is 6.38. The number of fused-ring (bicyclic) bond motifs is 1. The molecule has 1 saturated heterocycles. The summed E-state index contributed by atoms with van der Waals surface area (Å²) < 4.78 is 5.30. The van der Waals surface area contributed by atoms with Crippen LogP contribution in [0.15, 0.2) is 6.07 Å². The van der Waals surface area contributed by atoms with Gasteiger partial charge in [0.1, 0.15) is 10.7 Å². The van der Waals surface area contributed by atoms with Crippen LogP contribution in [-0.2, 0) is 11.2 Å². The van der Waals surface area contributed by atoms with Crippen LogP contribution in [0.3, 0.4) is 0 Å². The lowest BCUT2D eigenvalue weighted by Gasteiger charge is -2.33. The Morgan fingerprint density at radius 2 is 1.96 bits per heavy atom. The summed E-state index contributed by atoms with van der Waals surface area (Å²) in [5.74, 6) is 2.37. The second-order valence-electron chi connectivity index (χ2n) is 8.47. The van der Waals surface area contributed by atoms with Crippen molar-refractivity contribution in [3.05, 3.63) is 22.5 Å². The third-order valence-corrected chi connectivity index (χ3v) is 7.03. The number of hydrogen-bond donors (Lipinski definition) is 0. The minimum Gasteiger partial charge on any atom is -0.381 e. The Balaban J connectivity index is 1.57. The maximum atomic E-state index is 5.30. The molecule has 0 N–H and O–H groups in total. The summed E-state index contributed by atoms with van der Waals surface area (Å²) in [5.41, 5.74) is 1.78. The Kier molecular flexibility index (Phi) is 4.38. The number of aromatic nitrogens is 2. The van der Waals surface area contributed by atoms with Crippen LogP contribution >= 0.6 is 11.3 Å². The first kappa shape index (κ1) is 16.5. The highest BCUT2D eigenvalue weighted by atomic mass is 32.1. The lowest BCUT2D eigenvalue weighted by molar-refractivity contribution is -0.0352. The lowest BCUT2D eigenvalue weighted by atomic mass is 9.73. The molecule has 4 heteroatoms. The number of ether oxygens (including phenoxy) is 1. The molecule has 0 spiro atoms. The predicted molar refractivity (Wildman–Crippen MR) is 99.8 cm³/mol. The number of hydrogen-bond acceptors (Lipinski definition) is 4. The summed E-state index contributed by atoms with van der Waals surface area (Å²) in [6.45, 7) is 8.70. The molecule has 0 atom stereocenters. The van der Waals surface area contributed by atoms with Gasteiger partial charge in [-0.3, -0.25) is 0 Å². The first-order valence-corrected chi connectivity index (χ1v) is 10.2. The molecular weight excluding hydrogens is 316 g/mol. The van der Waals surface area contributed by atoms with Crippen LogP contribution in [0.1, 0.15) is 68.3 Å². The zero-order valence-electron chi connectivity index (χ0n) is 15.1. The van der Waals surface area contributed by atoms with Gasteiger partial charge < -0.3 is 4.74 Å². The van der Waals surface area contributed by atoms with Gasteiger partial charge in [0.15, 0.2) is 0 Å². The zero-order valence-corrected chi connectivity index (χ0v) is 15.9. The third-order valence-electron chi connectivity index (χ3n) is 5.84. The molecule has 0 radical (unpaired) electrons. The van der Waals surface area contributed by atoms with Gasteiger partial charge in [-0.15, -0.1) is 11.3 Å². The van der Waals surface area contributed by atoms with E-state index >= 15 is 0 Å². The molecule has 2 aromatic rings. The monoisotopic (exact) mass is 344 g/mol. The molecule has 2 fully saturated rings. The number of nitrogens with zero attached hydrogens (tertiary/aromatic N) is 2. The molecular formula is C20H28N2OS. The van der Waals surface area contributed by atoms with E-state index < -0.39 is 0 Å². The van der Waals surface area contributed by atoms with Crippen LogP contribution in [-0.4, -0.2) is 23.2 Å². The summed E-state index contributed by atoms with van der Waals surface area (Å²) in [6.07, 6.45) is 7.56. The van der Waals surface area contributed by atoms with Gasteiger partial charge in [-0.05, 0) is 62.8 Å². The van der Waals surface area contributed by atoms with Gasteiger partial charge in [-0.25, -0.2) is 9.97 Å². The van der Waals surface area contributed by atoms with E-state index in [1.54, 1.807) is 0 Å². The average molecular weight is 345 g/mol. The fourth-order valence-electron chi connectivity index (χ4n) is 3.98. The molecule has 0 bridgehead atoms. The molecule has 0 unspecified atom stereocenters. The molecule has 3 nitrogen and oxygen atoms in total. The van der Waals surface area contributed by atoms with Crippen molar-refractivity contribution in [2.45, 2.75) is 65.2 Å². The van der Waals surface area contributed by atoms with E-state index in [1.165, 1.54) is 52.9 Å². The largest absolute Gasteiger partial charge is 0.381 e. The van der Waals surface area contributed by atoms with E-state index in [2.05, 4.69) is 19.9 Å². The van der Waals surface area contributed by atoms with E-state index in [1.807, 2.05) is 18.3 Å². The van der Waals surface area contributed by atoms with Crippen molar-refractivity contribution < 1.29 is 4.74 Å². The molecule has 0 amide bonds. The smallest absolute Gasteiger partial charge is 0.127 e. The first-order chi connectivity index (χ1) is 11.5. The Morgan fingerprint density at radius 3 is 2.62 bits per heavy atom. The highest BCUT2D eigenvalue weighted by Crippen LogP contribution is 2.45. The Labute approximate surface area is 148 Å². The maximum absolute atomic E-state index is 5.30. The van der Waals surface area contributed by atoms with Crippen molar-refractivity contribution in [2.24, 2.45) is 11.3 Å². The van der Waals surface area contributed by atoms with Crippen LogP contribution in [0.5, 0.6) is 0 Å². The molecule has 0 aromatic carbocycles. The van der Waals surface area contributed by atoms with E-state index in [0.717, 1.165) is 37.3 Å². The lowest BCUT2D eigenvalue weighted by Crippen LogP contribution is -2.27. The van der Waals surface area contributed by atoms with Crippen molar-refractivity contribution in [3.63, 3.8) is 0 Å². The Bertz CT molecular complexity index is 723. The SMILES string of the molecule is Cc1nc(CCC2COC2)c2cc(C3CCC(C)(C)CC3)sc2n1. The van der Waals surface area contributed by atoms with Gasteiger partial charge in [0, 0.05) is 16.2 Å². The Hall–Kier alpha value is -1.00. The quantitative estimate of drug-likeness (QED) is 0.758. The van der Waals surface area contributed by atoms with Crippen molar-refractivity contribution >= 4 is 21.6 Å². The molecule has 1 saturated carbocycles. The topological polar surface area (TPSA) is 35.0 Å². The second-order valence-corrected chi connectivity index (χ2v) is 9.53. The Morgan fingerprint density at radius 1 is 1.21 bits per heavy atom. The standard InChI is InChI=1S/C20H28N2OS/c1-13-21-17(5-4-14-11-23-12-14)16-10-18(24-19(16)22-13)15-6-8-20(2,3)9-7-15/h10,14-15H,4-9,11-12H2,1-3H3. The van der Waals surface area contributed by atoms with E-state index in [9.17, 15) is 0 Å². The normalized spacial score (nSPS) is 22.0. The van der Waals surface area contributed by atoms with Gasteiger partial charge in [0.25, 0.3) is 0 Å². The van der Waals surface area contributed by atoms with Crippen LogP contribution in [0.25, 0.3) is 10.2 Å². The summed E-state index contributed by atoms with van der Waals surface area (Å²) >= 11 is 1.91. The fraction of sp³-hybridized carbons (Fsp3) is 0.700. The van der Waals surface area contributed by atoms with Gasteiger partial charge >= 0.3 is 0 Å². The summed E-state index contributed by atoms with van der Waals surface area (Å²) in [6, 6.07) is 2.41.